The molecule has 0 aliphatic carbocycles. The highest BCUT2D eigenvalue weighted by Gasteiger charge is 2.19. The Bertz CT molecular complexity index is 376. The summed E-state index contributed by atoms with van der Waals surface area (Å²) in [6.07, 6.45) is 0.928. The number of hydrogen-bond donors (Lipinski definition) is 1. The zero-order valence-corrected chi connectivity index (χ0v) is 12.8. The van der Waals surface area contributed by atoms with Crippen LogP contribution in [0.2, 0.25) is 0 Å². The predicted octanol–water partition coefficient (Wildman–Crippen LogP) is 3.30. The van der Waals surface area contributed by atoms with Gasteiger partial charge in [-0.15, -0.1) is 11.3 Å². The number of amides is 1. The van der Waals surface area contributed by atoms with Crippen LogP contribution in [-0.4, -0.2) is 26.2 Å². The molecular formula is C12H18BrNO2S. The largest absolute Gasteiger partial charge is 0.385 e. The number of hydrogen-bond acceptors (Lipinski definition) is 3. The fourth-order valence-electron chi connectivity index (χ4n) is 1.31. The van der Waals surface area contributed by atoms with Gasteiger partial charge in [-0.25, -0.2) is 0 Å². The molecule has 3 nitrogen and oxygen atoms in total. The summed E-state index contributed by atoms with van der Waals surface area (Å²) in [7, 11) is 1.69. The second kappa shape index (κ2) is 6.52. The first kappa shape index (κ1) is 14.7. The first-order valence-electron chi connectivity index (χ1n) is 5.47. The molecule has 0 saturated carbocycles. The van der Waals surface area contributed by atoms with Crippen molar-refractivity contribution in [3.05, 3.63) is 20.8 Å². The highest BCUT2D eigenvalue weighted by Crippen LogP contribution is 2.23. The van der Waals surface area contributed by atoms with Crippen molar-refractivity contribution in [1.29, 1.82) is 0 Å². The van der Waals surface area contributed by atoms with Gasteiger partial charge in [-0.1, -0.05) is 13.8 Å². The van der Waals surface area contributed by atoms with Crippen LogP contribution in [0.3, 0.4) is 0 Å². The molecule has 0 atom stereocenters. The third-order valence-corrected chi connectivity index (χ3v) is 4.13. The fourth-order valence-corrected chi connectivity index (χ4v) is 2.61. The number of thiophene rings is 1. The van der Waals surface area contributed by atoms with Gasteiger partial charge in [-0.05, 0) is 39.9 Å². The first-order chi connectivity index (χ1) is 7.94. The molecule has 1 heterocycles. The molecule has 5 heteroatoms. The van der Waals surface area contributed by atoms with E-state index in [4.69, 9.17) is 4.74 Å². The standard InChI is InChI=1S/C12H18BrNO2S/c1-12(2,6-7-16-3)8-14-11(15)9-4-5-10(13)17-9/h4-5H,6-8H2,1-3H3,(H,14,15). The van der Waals surface area contributed by atoms with Gasteiger partial charge in [0.15, 0.2) is 0 Å². The molecular weight excluding hydrogens is 302 g/mol. The Morgan fingerprint density at radius 1 is 1.53 bits per heavy atom. The van der Waals surface area contributed by atoms with Gasteiger partial charge in [-0.3, -0.25) is 4.79 Å². The molecule has 0 aliphatic heterocycles. The number of ether oxygens (including phenoxy) is 1. The minimum absolute atomic E-state index is 0.00816. The average molecular weight is 320 g/mol. The number of carbonyl (C=O) groups excluding carboxylic acids is 1. The molecule has 0 bridgehead atoms. The first-order valence-corrected chi connectivity index (χ1v) is 7.08. The van der Waals surface area contributed by atoms with Crippen molar-refractivity contribution in [1.82, 2.24) is 5.32 Å². The maximum absolute atomic E-state index is 11.8. The number of methoxy groups -OCH3 is 1. The molecule has 0 spiro atoms. The Balaban J connectivity index is 2.42. The lowest BCUT2D eigenvalue weighted by atomic mass is 9.90. The molecule has 1 aromatic rings. The van der Waals surface area contributed by atoms with E-state index in [0.717, 1.165) is 15.1 Å². The third-order valence-electron chi connectivity index (χ3n) is 2.51. The predicted molar refractivity (Wildman–Crippen MR) is 74.6 cm³/mol. The monoisotopic (exact) mass is 319 g/mol. The molecule has 0 radical (unpaired) electrons. The van der Waals surface area contributed by atoms with Crippen molar-refractivity contribution >= 4 is 33.2 Å². The summed E-state index contributed by atoms with van der Waals surface area (Å²) in [5.74, 6) is -0.00816. The Labute approximate surface area is 115 Å². The highest BCUT2D eigenvalue weighted by molar-refractivity contribution is 9.11. The van der Waals surface area contributed by atoms with Gasteiger partial charge in [0.2, 0.25) is 0 Å². The van der Waals surface area contributed by atoms with E-state index in [1.807, 2.05) is 12.1 Å². The SMILES string of the molecule is COCCC(C)(C)CNC(=O)c1ccc(Br)s1. The molecule has 17 heavy (non-hydrogen) atoms. The van der Waals surface area contributed by atoms with Crippen LogP contribution in [0.1, 0.15) is 29.9 Å². The van der Waals surface area contributed by atoms with Crippen LogP contribution in [0.15, 0.2) is 15.9 Å². The fraction of sp³-hybridized carbons (Fsp3) is 0.583. The molecule has 1 rings (SSSR count). The lowest BCUT2D eigenvalue weighted by Gasteiger charge is -2.24. The molecule has 0 aromatic carbocycles. The van der Waals surface area contributed by atoms with Crippen LogP contribution in [0.25, 0.3) is 0 Å². The molecule has 96 valence electrons. The maximum atomic E-state index is 11.8. The van der Waals surface area contributed by atoms with E-state index in [-0.39, 0.29) is 11.3 Å². The quantitative estimate of drug-likeness (QED) is 0.873. The zero-order chi connectivity index (χ0) is 12.9. The molecule has 0 saturated heterocycles. The summed E-state index contributed by atoms with van der Waals surface area (Å²) in [4.78, 5) is 12.6. The highest BCUT2D eigenvalue weighted by atomic mass is 79.9. The average Bonchev–Trinajstić information content (AvgIpc) is 2.70. The molecule has 1 amide bonds. The van der Waals surface area contributed by atoms with E-state index >= 15 is 0 Å². The van der Waals surface area contributed by atoms with Crippen LogP contribution >= 0.6 is 27.3 Å². The van der Waals surface area contributed by atoms with Gasteiger partial charge >= 0.3 is 0 Å². The van der Waals surface area contributed by atoms with Crippen LogP contribution in [0, 0.1) is 5.41 Å². The van der Waals surface area contributed by atoms with E-state index < -0.39 is 0 Å². The number of carbonyl (C=O) groups is 1. The second-order valence-corrected chi connectivity index (χ2v) is 7.16. The Hall–Kier alpha value is -0.390. The van der Waals surface area contributed by atoms with Crippen molar-refractivity contribution in [2.45, 2.75) is 20.3 Å². The summed E-state index contributed by atoms with van der Waals surface area (Å²) >= 11 is 4.79. The molecule has 1 aromatic heterocycles. The molecule has 0 fully saturated rings. The van der Waals surface area contributed by atoms with Crippen LogP contribution in [-0.2, 0) is 4.74 Å². The Morgan fingerprint density at radius 2 is 2.24 bits per heavy atom. The lowest BCUT2D eigenvalue weighted by Crippen LogP contribution is -2.34. The van der Waals surface area contributed by atoms with Crippen molar-refractivity contribution < 1.29 is 9.53 Å². The summed E-state index contributed by atoms with van der Waals surface area (Å²) in [5, 5.41) is 2.96. The molecule has 0 unspecified atom stereocenters. The van der Waals surface area contributed by atoms with Crippen molar-refractivity contribution in [3.63, 3.8) is 0 Å². The van der Waals surface area contributed by atoms with Gasteiger partial charge in [0.05, 0.1) is 8.66 Å². The molecule has 1 N–H and O–H groups in total. The third kappa shape index (κ3) is 5.19. The van der Waals surface area contributed by atoms with E-state index in [1.165, 1.54) is 11.3 Å². The maximum Gasteiger partial charge on any atom is 0.261 e. The summed E-state index contributed by atoms with van der Waals surface area (Å²) in [5.41, 5.74) is 0.0557. The van der Waals surface area contributed by atoms with E-state index in [2.05, 4.69) is 35.1 Å². The van der Waals surface area contributed by atoms with Crippen molar-refractivity contribution in [2.24, 2.45) is 5.41 Å². The van der Waals surface area contributed by atoms with E-state index in [1.54, 1.807) is 7.11 Å². The summed E-state index contributed by atoms with van der Waals surface area (Å²) in [6, 6.07) is 3.71. The van der Waals surface area contributed by atoms with Crippen LogP contribution < -0.4 is 5.32 Å². The summed E-state index contributed by atoms with van der Waals surface area (Å²) in [6.45, 7) is 5.62. The van der Waals surface area contributed by atoms with Gasteiger partial charge in [0.25, 0.3) is 5.91 Å². The van der Waals surface area contributed by atoms with Gasteiger partial charge in [0, 0.05) is 20.3 Å². The van der Waals surface area contributed by atoms with Crippen molar-refractivity contribution in [2.75, 3.05) is 20.3 Å². The Kier molecular flexibility index (Phi) is 5.62. The minimum Gasteiger partial charge on any atom is -0.385 e. The van der Waals surface area contributed by atoms with Gasteiger partial charge in [0.1, 0.15) is 0 Å². The number of rotatable bonds is 6. The van der Waals surface area contributed by atoms with Crippen molar-refractivity contribution in [3.8, 4) is 0 Å². The van der Waals surface area contributed by atoms with Crippen LogP contribution in [0.4, 0.5) is 0 Å². The number of halogens is 1. The van der Waals surface area contributed by atoms with Gasteiger partial charge < -0.3 is 10.1 Å². The summed E-state index contributed by atoms with van der Waals surface area (Å²) < 4.78 is 6.03. The van der Waals surface area contributed by atoms with Gasteiger partial charge in [-0.2, -0.15) is 0 Å². The normalized spacial score (nSPS) is 11.5. The van der Waals surface area contributed by atoms with E-state index in [9.17, 15) is 4.79 Å². The Morgan fingerprint density at radius 3 is 2.76 bits per heavy atom. The molecule has 0 aliphatic rings. The zero-order valence-electron chi connectivity index (χ0n) is 10.4. The minimum atomic E-state index is -0.00816. The topological polar surface area (TPSA) is 38.3 Å². The lowest BCUT2D eigenvalue weighted by molar-refractivity contribution is 0.0925. The second-order valence-electron chi connectivity index (χ2n) is 4.69. The van der Waals surface area contributed by atoms with Crippen LogP contribution in [0.5, 0.6) is 0 Å². The van der Waals surface area contributed by atoms with E-state index in [0.29, 0.717) is 13.2 Å². The smallest absolute Gasteiger partial charge is 0.261 e. The number of nitrogens with one attached hydrogen (secondary N) is 1.